The van der Waals surface area contributed by atoms with Crippen LogP contribution in [0.3, 0.4) is 0 Å². The monoisotopic (exact) mass is 524 g/mol. The lowest BCUT2D eigenvalue weighted by Crippen LogP contribution is -2.14. The van der Waals surface area contributed by atoms with Crippen LogP contribution in [0.5, 0.6) is 23.0 Å². The first kappa shape index (κ1) is 27.2. The Kier molecular flexibility index (Phi) is 9.08. The molecule has 0 saturated carbocycles. The molecule has 0 aromatic heterocycles. The SMILES string of the molecule is Cc1cc(SCC[C@H](C)Oc2ccc(C(F)(F)F)cc2Oc2ccccc2F)ccc1OCC(=O)O. The summed E-state index contributed by atoms with van der Waals surface area (Å²) in [6, 6.07) is 13.7. The molecule has 3 aromatic carbocycles. The average Bonchev–Trinajstić information content (AvgIpc) is 2.80. The maximum atomic E-state index is 14.0. The van der Waals surface area contributed by atoms with E-state index in [9.17, 15) is 22.4 Å². The number of thioether (sulfide) groups is 1. The van der Waals surface area contributed by atoms with Crippen molar-refractivity contribution in [3.63, 3.8) is 0 Å². The summed E-state index contributed by atoms with van der Waals surface area (Å²) in [5.74, 6) is -1.02. The van der Waals surface area contributed by atoms with Gasteiger partial charge in [0.25, 0.3) is 0 Å². The largest absolute Gasteiger partial charge is 0.487 e. The van der Waals surface area contributed by atoms with Crippen molar-refractivity contribution in [1.82, 2.24) is 0 Å². The third kappa shape index (κ3) is 7.81. The van der Waals surface area contributed by atoms with Crippen molar-refractivity contribution in [3.05, 3.63) is 77.6 Å². The molecule has 0 aliphatic carbocycles. The minimum atomic E-state index is -4.60. The number of halogens is 4. The summed E-state index contributed by atoms with van der Waals surface area (Å²) in [5, 5.41) is 8.73. The molecule has 0 aliphatic rings. The standard InChI is InChI=1S/C26H24F4O5S/c1-16-13-19(8-10-21(16)33-15-25(31)32)36-12-11-17(2)34-23-9-7-18(26(28,29)30)14-24(23)35-22-6-4-3-5-20(22)27/h3-10,13-14,17H,11-12,15H2,1-2H3,(H,31,32)/t17-/m0/s1. The lowest BCUT2D eigenvalue weighted by Gasteiger charge is -2.19. The number of aryl methyl sites for hydroxylation is 1. The van der Waals surface area contributed by atoms with Gasteiger partial charge in [-0.25, -0.2) is 9.18 Å². The van der Waals surface area contributed by atoms with Crippen molar-refractivity contribution >= 4 is 17.7 Å². The zero-order valence-electron chi connectivity index (χ0n) is 19.5. The van der Waals surface area contributed by atoms with Crippen LogP contribution in [0.2, 0.25) is 0 Å². The number of carboxylic acid groups (broad SMARTS) is 1. The van der Waals surface area contributed by atoms with E-state index in [4.69, 9.17) is 19.3 Å². The van der Waals surface area contributed by atoms with Crippen molar-refractivity contribution < 1.29 is 41.7 Å². The number of hydrogen-bond donors (Lipinski definition) is 1. The number of carbonyl (C=O) groups is 1. The van der Waals surface area contributed by atoms with Gasteiger partial charge in [0.05, 0.1) is 11.7 Å². The van der Waals surface area contributed by atoms with E-state index in [1.165, 1.54) is 36.0 Å². The van der Waals surface area contributed by atoms with Gasteiger partial charge in [0.1, 0.15) is 5.75 Å². The van der Waals surface area contributed by atoms with Crippen molar-refractivity contribution in [1.29, 1.82) is 0 Å². The number of para-hydroxylation sites is 1. The van der Waals surface area contributed by atoms with Gasteiger partial charge in [-0.1, -0.05) is 12.1 Å². The van der Waals surface area contributed by atoms with Crippen molar-refractivity contribution in [2.45, 2.75) is 37.4 Å². The normalized spacial score (nSPS) is 12.2. The Morgan fingerprint density at radius 3 is 2.39 bits per heavy atom. The van der Waals surface area contributed by atoms with Gasteiger partial charge in [0.15, 0.2) is 29.7 Å². The average molecular weight is 525 g/mol. The van der Waals surface area contributed by atoms with Crippen LogP contribution >= 0.6 is 11.8 Å². The lowest BCUT2D eigenvalue weighted by molar-refractivity contribution is -0.139. The first-order valence-electron chi connectivity index (χ1n) is 10.9. The summed E-state index contributed by atoms with van der Waals surface area (Å²) in [6.07, 6.45) is -4.42. The van der Waals surface area contributed by atoms with E-state index in [1.807, 2.05) is 19.1 Å². The van der Waals surface area contributed by atoms with E-state index in [1.54, 1.807) is 13.0 Å². The number of hydrogen-bond acceptors (Lipinski definition) is 5. The van der Waals surface area contributed by atoms with Gasteiger partial charge in [-0.05, 0) is 74.4 Å². The molecular weight excluding hydrogens is 500 g/mol. The van der Waals surface area contributed by atoms with Crippen LogP contribution in [0.15, 0.2) is 65.6 Å². The smallest absolute Gasteiger partial charge is 0.416 e. The molecule has 1 atom stereocenters. The van der Waals surface area contributed by atoms with E-state index in [0.717, 1.165) is 28.7 Å². The number of ether oxygens (including phenoxy) is 3. The first-order valence-corrected chi connectivity index (χ1v) is 11.9. The lowest BCUT2D eigenvalue weighted by atomic mass is 10.2. The second-order valence-electron chi connectivity index (χ2n) is 7.87. The highest BCUT2D eigenvalue weighted by Gasteiger charge is 2.32. The van der Waals surface area contributed by atoms with Crippen LogP contribution < -0.4 is 14.2 Å². The third-order valence-corrected chi connectivity index (χ3v) is 5.97. The summed E-state index contributed by atoms with van der Waals surface area (Å²) in [4.78, 5) is 11.6. The molecular formula is C26H24F4O5S. The Morgan fingerprint density at radius 2 is 1.72 bits per heavy atom. The van der Waals surface area contributed by atoms with Crippen LogP contribution in [0, 0.1) is 12.7 Å². The second-order valence-corrected chi connectivity index (χ2v) is 9.04. The van der Waals surface area contributed by atoms with E-state index >= 15 is 0 Å². The molecule has 0 fully saturated rings. The molecule has 3 aromatic rings. The summed E-state index contributed by atoms with van der Waals surface area (Å²) in [7, 11) is 0. The van der Waals surface area contributed by atoms with Crippen LogP contribution in [-0.2, 0) is 11.0 Å². The molecule has 10 heteroatoms. The summed E-state index contributed by atoms with van der Waals surface area (Å²) in [6.45, 7) is 3.17. The molecule has 0 radical (unpaired) electrons. The molecule has 5 nitrogen and oxygen atoms in total. The van der Waals surface area contributed by atoms with Gasteiger partial charge in [-0.3, -0.25) is 0 Å². The van der Waals surface area contributed by atoms with Crippen LogP contribution in [-0.4, -0.2) is 29.5 Å². The van der Waals surface area contributed by atoms with E-state index in [-0.39, 0.29) is 23.4 Å². The highest BCUT2D eigenvalue weighted by Crippen LogP contribution is 2.39. The van der Waals surface area contributed by atoms with Crippen LogP contribution in [0.1, 0.15) is 24.5 Å². The zero-order chi connectivity index (χ0) is 26.3. The Balaban J connectivity index is 1.64. The summed E-state index contributed by atoms with van der Waals surface area (Å²) >= 11 is 1.54. The van der Waals surface area contributed by atoms with Crippen molar-refractivity contribution in [3.8, 4) is 23.0 Å². The molecule has 3 rings (SSSR count). The third-order valence-electron chi connectivity index (χ3n) is 4.95. The molecule has 192 valence electrons. The zero-order valence-corrected chi connectivity index (χ0v) is 20.3. The maximum absolute atomic E-state index is 14.0. The van der Waals surface area contributed by atoms with Crippen molar-refractivity contribution in [2.75, 3.05) is 12.4 Å². The second kappa shape index (κ2) is 12.0. The molecule has 0 spiro atoms. The van der Waals surface area contributed by atoms with E-state index in [0.29, 0.717) is 17.9 Å². The van der Waals surface area contributed by atoms with Gasteiger partial charge < -0.3 is 19.3 Å². The number of alkyl halides is 3. The minimum absolute atomic E-state index is 0.0690. The fourth-order valence-corrected chi connectivity index (χ4v) is 4.25. The highest BCUT2D eigenvalue weighted by molar-refractivity contribution is 7.99. The molecule has 0 unspecified atom stereocenters. The number of carboxylic acids is 1. The molecule has 0 amide bonds. The molecule has 0 bridgehead atoms. The molecule has 0 heterocycles. The molecule has 1 N–H and O–H groups in total. The first-order chi connectivity index (χ1) is 17.0. The van der Waals surface area contributed by atoms with Crippen LogP contribution in [0.25, 0.3) is 0 Å². The Labute approximate surface area is 210 Å². The number of benzene rings is 3. The molecule has 0 aliphatic heterocycles. The predicted octanol–water partition coefficient (Wildman–Crippen LogP) is 7.36. The molecule has 36 heavy (non-hydrogen) atoms. The fourth-order valence-electron chi connectivity index (χ4n) is 3.14. The van der Waals surface area contributed by atoms with Gasteiger partial charge in [-0.15, -0.1) is 11.8 Å². The van der Waals surface area contributed by atoms with E-state index < -0.39 is 30.1 Å². The minimum Gasteiger partial charge on any atom is -0.487 e. The number of aliphatic carboxylic acids is 1. The van der Waals surface area contributed by atoms with Gasteiger partial charge >= 0.3 is 12.1 Å². The van der Waals surface area contributed by atoms with Gasteiger partial charge in [-0.2, -0.15) is 13.2 Å². The Bertz CT molecular complexity index is 1200. The van der Waals surface area contributed by atoms with Crippen molar-refractivity contribution in [2.24, 2.45) is 0 Å². The topological polar surface area (TPSA) is 65.0 Å². The maximum Gasteiger partial charge on any atom is 0.416 e. The highest BCUT2D eigenvalue weighted by atomic mass is 32.2. The number of rotatable bonds is 11. The molecule has 0 saturated heterocycles. The Morgan fingerprint density at radius 1 is 1.00 bits per heavy atom. The summed E-state index contributed by atoms with van der Waals surface area (Å²) in [5.41, 5.74) is -0.138. The van der Waals surface area contributed by atoms with Gasteiger partial charge in [0.2, 0.25) is 0 Å². The predicted molar refractivity (Wildman–Crippen MR) is 128 cm³/mol. The van der Waals surface area contributed by atoms with Crippen LogP contribution in [0.4, 0.5) is 17.6 Å². The Hall–Kier alpha value is -3.40. The summed E-state index contributed by atoms with van der Waals surface area (Å²) < 4.78 is 70.3. The van der Waals surface area contributed by atoms with Gasteiger partial charge in [0, 0.05) is 10.6 Å². The van der Waals surface area contributed by atoms with E-state index in [2.05, 4.69) is 0 Å². The quantitative estimate of drug-likeness (QED) is 0.209. The fraction of sp³-hybridized carbons (Fsp3) is 0.269.